The molecule has 14 heteroatoms. The van der Waals surface area contributed by atoms with Crippen LogP contribution in [0.4, 0.5) is 52.7 Å². The van der Waals surface area contributed by atoms with Gasteiger partial charge in [-0.15, -0.1) is 0 Å². The van der Waals surface area contributed by atoms with Crippen molar-refractivity contribution in [1.29, 1.82) is 0 Å². The Labute approximate surface area is 148 Å². The molecule has 0 N–H and O–H groups in total. The van der Waals surface area contributed by atoms with E-state index in [2.05, 4.69) is 15.9 Å². The van der Waals surface area contributed by atoms with Crippen molar-refractivity contribution in [3.8, 4) is 0 Å². The summed E-state index contributed by atoms with van der Waals surface area (Å²) in [6.07, 6.45) is -14.1. The zero-order valence-electron chi connectivity index (χ0n) is 11.2. The van der Waals surface area contributed by atoms with E-state index in [1.807, 2.05) is 15.9 Å². The third-order valence-electron chi connectivity index (χ3n) is 3.10. The fraction of sp³-hybridized carbons (Fsp3) is 0.636. The van der Waals surface area contributed by atoms with Crippen LogP contribution in [-0.4, -0.2) is 34.4 Å². The predicted molar refractivity (Wildman–Crippen MR) is 68.3 cm³/mol. The third-order valence-corrected chi connectivity index (χ3v) is 4.57. The maximum atomic E-state index is 13.8. The lowest BCUT2D eigenvalue weighted by molar-refractivity contribution is -0.389. The highest BCUT2D eigenvalue weighted by atomic mass is 79.9. The molecule has 25 heavy (non-hydrogen) atoms. The lowest BCUT2D eigenvalue weighted by atomic mass is 9.88. The van der Waals surface area contributed by atoms with Crippen molar-refractivity contribution >= 4 is 31.9 Å². The summed E-state index contributed by atoms with van der Waals surface area (Å²) in [4.78, 5) is 0. The fourth-order valence-electron chi connectivity index (χ4n) is 1.72. The van der Waals surface area contributed by atoms with Crippen LogP contribution in [0.3, 0.4) is 0 Å². The molecule has 146 valence electrons. The highest BCUT2D eigenvalue weighted by Gasteiger charge is 2.82. The number of halogens is 14. The fourth-order valence-corrected chi connectivity index (χ4v) is 3.34. The molecule has 0 spiro atoms. The summed E-state index contributed by atoms with van der Waals surface area (Å²) < 4.78 is 151. The van der Waals surface area contributed by atoms with E-state index in [0.29, 0.717) is 0 Å². The molecule has 1 rings (SSSR count). The van der Waals surface area contributed by atoms with Gasteiger partial charge in [0.2, 0.25) is 0 Å². The number of hydrogen-bond acceptors (Lipinski definition) is 0. The highest BCUT2D eigenvalue weighted by Crippen LogP contribution is 2.57. The van der Waals surface area contributed by atoms with Crippen molar-refractivity contribution in [3.05, 3.63) is 22.2 Å². The molecule has 0 heterocycles. The van der Waals surface area contributed by atoms with Crippen LogP contribution in [0, 0.1) is 0 Å². The van der Waals surface area contributed by atoms with E-state index in [0.717, 1.165) is 0 Å². The quantitative estimate of drug-likeness (QED) is 0.283. The van der Waals surface area contributed by atoms with E-state index in [9.17, 15) is 52.7 Å². The van der Waals surface area contributed by atoms with Crippen molar-refractivity contribution in [3.63, 3.8) is 0 Å². The summed E-state index contributed by atoms with van der Waals surface area (Å²) in [6, 6.07) is 0. The Hall–Kier alpha value is -0.400. The number of allylic oxidation sites excluding steroid dienone is 4. The Kier molecular flexibility index (Phi) is 5.49. The first-order valence-electron chi connectivity index (χ1n) is 5.76. The van der Waals surface area contributed by atoms with Gasteiger partial charge < -0.3 is 0 Å². The van der Waals surface area contributed by atoms with E-state index >= 15 is 0 Å². The number of alkyl halides is 13. The first kappa shape index (κ1) is 22.6. The zero-order valence-corrected chi connectivity index (χ0v) is 14.3. The lowest BCUT2D eigenvalue weighted by Crippen LogP contribution is -2.61. The SMILES string of the molecule is FC(F)(F)C1(Br)C=C(C(F)(F)C(F)(F)C(F)(F)C(F)(F)F)C=C(Br)C1. The van der Waals surface area contributed by atoms with E-state index < -0.39 is 57.0 Å². The molecule has 0 fully saturated rings. The van der Waals surface area contributed by atoms with Gasteiger partial charge in [-0.05, 0) is 16.6 Å². The van der Waals surface area contributed by atoms with Crippen molar-refractivity contribution in [2.24, 2.45) is 0 Å². The van der Waals surface area contributed by atoms with Crippen LogP contribution in [0.5, 0.6) is 0 Å². The van der Waals surface area contributed by atoms with Gasteiger partial charge in [-0.1, -0.05) is 31.9 Å². The number of hydrogen-bond donors (Lipinski definition) is 0. The molecule has 0 saturated carbocycles. The van der Waals surface area contributed by atoms with E-state index in [1.54, 1.807) is 0 Å². The van der Waals surface area contributed by atoms with Crippen molar-refractivity contribution in [1.82, 2.24) is 0 Å². The van der Waals surface area contributed by atoms with Crippen LogP contribution in [0.15, 0.2) is 22.2 Å². The second kappa shape index (κ2) is 6.06. The van der Waals surface area contributed by atoms with Crippen LogP contribution in [0.25, 0.3) is 0 Å². The minimum absolute atomic E-state index is 0.0639. The van der Waals surface area contributed by atoms with Gasteiger partial charge >= 0.3 is 30.1 Å². The first-order chi connectivity index (χ1) is 10.7. The summed E-state index contributed by atoms with van der Waals surface area (Å²) in [5.74, 6) is -20.5. The zero-order chi connectivity index (χ0) is 20.3. The molecule has 0 aromatic carbocycles. The number of rotatable bonds is 3. The van der Waals surface area contributed by atoms with E-state index in [-0.39, 0.29) is 6.08 Å². The Balaban J connectivity index is 3.56. The molecular weight excluding hydrogens is 520 g/mol. The van der Waals surface area contributed by atoms with Crippen LogP contribution in [0.1, 0.15) is 6.42 Å². The Morgan fingerprint density at radius 1 is 0.800 bits per heavy atom. The van der Waals surface area contributed by atoms with Crippen molar-refractivity contribution < 1.29 is 52.7 Å². The van der Waals surface area contributed by atoms with Gasteiger partial charge in [0.05, 0.1) is 0 Å². The Morgan fingerprint density at radius 3 is 1.60 bits per heavy atom. The average Bonchev–Trinajstić information content (AvgIpc) is 2.34. The normalized spacial score (nSPS) is 24.1. The van der Waals surface area contributed by atoms with Crippen molar-refractivity contribution in [2.75, 3.05) is 0 Å². The van der Waals surface area contributed by atoms with Gasteiger partial charge in [-0.3, -0.25) is 0 Å². The molecule has 1 unspecified atom stereocenters. The summed E-state index contributed by atoms with van der Waals surface area (Å²) in [5.41, 5.74) is -2.35. The average molecular weight is 524 g/mol. The molecule has 0 amide bonds. The molecule has 0 aromatic heterocycles. The summed E-state index contributed by atoms with van der Waals surface area (Å²) in [6.45, 7) is 0. The third kappa shape index (κ3) is 3.56. The second-order valence-corrected chi connectivity index (χ2v) is 7.38. The van der Waals surface area contributed by atoms with Gasteiger partial charge in [-0.25, -0.2) is 0 Å². The summed E-state index contributed by atoms with van der Waals surface area (Å²) >= 11 is 4.33. The van der Waals surface area contributed by atoms with Crippen molar-refractivity contribution in [2.45, 2.75) is 40.9 Å². The van der Waals surface area contributed by atoms with Gasteiger partial charge in [0.25, 0.3) is 0 Å². The molecule has 0 aliphatic heterocycles. The lowest BCUT2D eigenvalue weighted by Gasteiger charge is -2.37. The molecule has 1 atom stereocenters. The summed E-state index contributed by atoms with van der Waals surface area (Å²) in [7, 11) is 0. The second-order valence-electron chi connectivity index (χ2n) is 4.95. The van der Waals surface area contributed by atoms with Gasteiger partial charge in [-0.2, -0.15) is 52.7 Å². The van der Waals surface area contributed by atoms with E-state index in [1.165, 1.54) is 0 Å². The maximum absolute atomic E-state index is 13.8. The largest absolute Gasteiger partial charge is 0.460 e. The van der Waals surface area contributed by atoms with Gasteiger partial charge in [0.15, 0.2) is 0 Å². The Bertz CT molecular complexity index is 597. The van der Waals surface area contributed by atoms with Gasteiger partial charge in [0.1, 0.15) is 4.32 Å². The Morgan fingerprint density at radius 2 is 1.24 bits per heavy atom. The molecule has 0 nitrogen and oxygen atoms in total. The molecule has 1 aliphatic rings. The van der Waals surface area contributed by atoms with Crippen LogP contribution >= 0.6 is 31.9 Å². The van der Waals surface area contributed by atoms with E-state index in [4.69, 9.17) is 0 Å². The molecule has 0 aromatic rings. The summed E-state index contributed by atoms with van der Waals surface area (Å²) in [5, 5.41) is 0. The minimum Gasteiger partial charge on any atom is -0.194 e. The topological polar surface area (TPSA) is 0 Å². The first-order valence-corrected chi connectivity index (χ1v) is 7.34. The molecular formula is C11H4Br2F12. The molecule has 0 bridgehead atoms. The minimum atomic E-state index is -7.20. The van der Waals surface area contributed by atoms with Crippen LogP contribution < -0.4 is 0 Å². The van der Waals surface area contributed by atoms with Gasteiger partial charge in [0, 0.05) is 12.0 Å². The predicted octanol–water partition coefficient (Wildman–Crippen LogP) is 6.76. The molecule has 0 saturated heterocycles. The standard InChI is InChI=1S/C11H4Br2F12/c12-5-1-4(2-6(13,3-5)10(20,21)22)7(14,15)8(16,17)9(18,19)11(23,24)25/h1-2H,3H2. The molecule has 1 aliphatic carbocycles. The monoisotopic (exact) mass is 522 g/mol. The smallest absolute Gasteiger partial charge is 0.194 e. The highest BCUT2D eigenvalue weighted by molar-refractivity contribution is 9.12. The van der Waals surface area contributed by atoms with Crippen LogP contribution in [-0.2, 0) is 0 Å². The maximum Gasteiger partial charge on any atom is 0.460 e. The van der Waals surface area contributed by atoms with Crippen LogP contribution in [0.2, 0.25) is 0 Å². The molecule has 0 radical (unpaired) electrons.